The minimum absolute atomic E-state index is 0. The predicted octanol–water partition coefficient (Wildman–Crippen LogP) is 0.648. The van der Waals surface area contributed by atoms with Gasteiger partial charge in [-0.3, -0.25) is 10.0 Å². The molecule has 0 spiro atoms. The maximum atomic E-state index is 11.3. The molecule has 1 N–H and O–H groups in total. The van der Waals surface area contributed by atoms with Crippen molar-refractivity contribution < 1.29 is 58.2 Å². The van der Waals surface area contributed by atoms with Gasteiger partial charge in [0.15, 0.2) is 0 Å². The number of hydrogen-bond acceptors (Lipinski definition) is 7. The van der Waals surface area contributed by atoms with E-state index in [0.717, 1.165) is 35.3 Å². The summed E-state index contributed by atoms with van der Waals surface area (Å²) in [4.78, 5) is 24.8. The molecular formula is C23H34N11O2Rb. The van der Waals surface area contributed by atoms with E-state index in [-0.39, 0.29) is 63.9 Å². The molecular weight excluding hydrogens is 548 g/mol. The Bertz CT molecular complexity index is 1200. The Morgan fingerprint density at radius 1 is 0.892 bits per heavy atom. The van der Waals surface area contributed by atoms with Crippen molar-refractivity contribution in [3.05, 3.63) is 91.1 Å². The first-order chi connectivity index (χ1) is 17.6. The van der Waals surface area contributed by atoms with Gasteiger partial charge in [-0.15, -0.1) is 0 Å². The van der Waals surface area contributed by atoms with Crippen molar-refractivity contribution in [2.45, 2.75) is 54.4 Å². The number of H-pyrrole nitrogens is 1. The maximum Gasteiger partial charge on any atom is 1.00 e. The minimum Gasteiger partial charge on any atom is -0.310 e. The number of nitrogens with one attached hydrogen (secondary N) is 1. The van der Waals surface area contributed by atoms with E-state index in [9.17, 15) is 9.59 Å². The molecule has 2 aromatic heterocycles. The van der Waals surface area contributed by atoms with Gasteiger partial charge >= 0.3 is 63.9 Å². The van der Waals surface area contributed by atoms with Crippen molar-refractivity contribution in [3.8, 4) is 11.4 Å². The van der Waals surface area contributed by atoms with Crippen molar-refractivity contribution in [3.63, 3.8) is 0 Å². The summed E-state index contributed by atoms with van der Waals surface area (Å²) in [5.74, 6) is 0. The fraction of sp³-hybridized carbons (Fsp3) is 0.391. The number of rotatable bonds is 4. The first-order valence-electron chi connectivity index (χ1n) is 11.6. The van der Waals surface area contributed by atoms with Crippen LogP contribution in [0.4, 0.5) is 0 Å². The van der Waals surface area contributed by atoms with E-state index >= 15 is 0 Å². The van der Waals surface area contributed by atoms with Gasteiger partial charge in [-0.25, -0.2) is 15.0 Å². The molecule has 0 aliphatic carbocycles. The quantitative estimate of drug-likeness (QED) is 0.209. The van der Waals surface area contributed by atoms with Crippen LogP contribution in [-0.2, 0) is 12.8 Å². The number of azide groups is 1. The molecule has 0 saturated heterocycles. The Morgan fingerprint density at radius 2 is 1.35 bits per heavy atom. The van der Waals surface area contributed by atoms with Gasteiger partial charge in [0.1, 0.15) is 0 Å². The van der Waals surface area contributed by atoms with E-state index < -0.39 is 5.69 Å². The van der Waals surface area contributed by atoms with E-state index in [2.05, 4.69) is 41.1 Å². The third-order valence-corrected chi connectivity index (χ3v) is 4.20. The van der Waals surface area contributed by atoms with Gasteiger partial charge in [-0.05, 0) is 46.0 Å². The van der Waals surface area contributed by atoms with Crippen LogP contribution in [0, 0.1) is 0 Å². The smallest absolute Gasteiger partial charge is 0.310 e. The zero-order chi connectivity index (χ0) is 27.3. The zero-order valence-electron chi connectivity index (χ0n) is 22.8. The Kier molecular flexibility index (Phi) is 22.2. The van der Waals surface area contributed by atoms with Crippen LogP contribution in [0.1, 0.15) is 52.7 Å². The van der Waals surface area contributed by atoms with Crippen molar-refractivity contribution in [2.24, 2.45) is 5.11 Å². The van der Waals surface area contributed by atoms with Gasteiger partial charge in [0, 0.05) is 17.6 Å². The molecule has 37 heavy (non-hydrogen) atoms. The van der Waals surface area contributed by atoms with Crippen LogP contribution in [0.25, 0.3) is 21.8 Å². The molecule has 4 aromatic rings. The van der Waals surface area contributed by atoms with Gasteiger partial charge < -0.3 is 4.68 Å². The van der Waals surface area contributed by atoms with Crippen LogP contribution in [0.5, 0.6) is 0 Å². The Labute approximate surface area is 265 Å². The molecule has 14 heteroatoms. The molecule has 0 fully saturated rings. The number of hydrogen-bond donors (Lipinski definition) is 1. The summed E-state index contributed by atoms with van der Waals surface area (Å²) in [5.41, 5.74) is 10.2. The molecule has 13 nitrogen and oxygen atoms in total. The van der Waals surface area contributed by atoms with Crippen LogP contribution in [0.3, 0.4) is 0 Å². The van der Waals surface area contributed by atoms with Gasteiger partial charge in [0.05, 0.1) is 5.69 Å². The zero-order valence-corrected chi connectivity index (χ0v) is 27.7. The molecule has 0 atom stereocenters. The summed E-state index contributed by atoms with van der Waals surface area (Å²) in [5, 5.41) is 22.6. The van der Waals surface area contributed by atoms with Gasteiger partial charge in [0.25, 0.3) is 0 Å². The Hall–Kier alpha value is -2.70. The molecule has 0 unspecified atom stereocenters. The Morgan fingerprint density at radius 3 is 1.70 bits per heavy atom. The predicted molar refractivity (Wildman–Crippen MR) is 139 cm³/mol. The van der Waals surface area contributed by atoms with E-state index in [0.29, 0.717) is 0 Å². The molecule has 2 heterocycles. The molecule has 194 valence electrons. The number of aromatic amines is 1. The van der Waals surface area contributed by atoms with Crippen molar-refractivity contribution in [2.75, 3.05) is 7.05 Å². The summed E-state index contributed by atoms with van der Waals surface area (Å²) in [6.07, 6.45) is 1.70. The number of benzene rings is 2. The summed E-state index contributed by atoms with van der Waals surface area (Å²) >= 11 is 0. The van der Waals surface area contributed by atoms with E-state index in [4.69, 9.17) is 5.53 Å². The number of aryl methyl sites for hydroxylation is 2. The third kappa shape index (κ3) is 11.9. The first kappa shape index (κ1) is 36.5. The van der Waals surface area contributed by atoms with Crippen molar-refractivity contribution in [1.29, 1.82) is 0 Å². The molecule has 2 aromatic carbocycles. The number of para-hydroxylation sites is 2. The number of aromatic nitrogens is 8. The second-order valence-electron chi connectivity index (χ2n) is 6.05. The standard InChI is InChI=1S/2C9H10N4O.2C2H6.CH3N3.Rb/c2*1-2-7-5-3-4-6-8(7)13-9(14)10-11-12-13;2*1-2;1-3-4-2;/h2*3-6H,2H2,1H3,(H,10,12,14);2*1-2H3;1H3;/q;;;;;+1/p-1. The summed E-state index contributed by atoms with van der Waals surface area (Å²) in [6, 6.07) is 15.2. The van der Waals surface area contributed by atoms with Crippen molar-refractivity contribution in [1.82, 2.24) is 40.4 Å². The average Bonchev–Trinajstić information content (AvgIpc) is 3.58. The van der Waals surface area contributed by atoms with Gasteiger partial charge in [-0.1, -0.05) is 89.1 Å². The monoisotopic (exact) mass is 581 g/mol. The molecule has 0 radical (unpaired) electrons. The minimum atomic E-state index is -0.439. The fourth-order valence-corrected chi connectivity index (χ4v) is 2.72. The van der Waals surface area contributed by atoms with E-state index in [1.165, 1.54) is 16.4 Å². The largest absolute Gasteiger partial charge is 1.00 e. The fourth-order valence-electron chi connectivity index (χ4n) is 2.72. The van der Waals surface area contributed by atoms with E-state index in [1.54, 1.807) is 0 Å². The SMILES string of the molecule is CC.CC.CCc1ccccc1-n1nn[n-]c1=O.CCc1ccccc1-n1nn[nH]c1=O.CN=[N+]=[N-].[Rb+]. The molecule has 0 amide bonds. The van der Waals surface area contributed by atoms with Crippen LogP contribution in [0.2, 0.25) is 0 Å². The second kappa shape index (κ2) is 22.5. The summed E-state index contributed by atoms with van der Waals surface area (Å²) < 4.78 is 2.47. The average molecular weight is 582 g/mol. The molecule has 4 rings (SSSR count). The second-order valence-corrected chi connectivity index (χ2v) is 6.05. The summed E-state index contributed by atoms with van der Waals surface area (Å²) in [6.45, 7) is 12.1. The number of tetrazole rings is 2. The van der Waals surface area contributed by atoms with Crippen LogP contribution >= 0.6 is 0 Å². The van der Waals surface area contributed by atoms with Crippen LogP contribution in [0.15, 0.2) is 63.2 Å². The van der Waals surface area contributed by atoms with E-state index in [1.807, 2.05) is 90.1 Å². The molecule has 0 saturated carbocycles. The van der Waals surface area contributed by atoms with Gasteiger partial charge in [-0.2, -0.15) is 9.90 Å². The Balaban J connectivity index is 0. The molecule has 0 aliphatic heterocycles. The first-order valence-corrected chi connectivity index (χ1v) is 11.6. The van der Waals surface area contributed by atoms with Gasteiger partial charge in [0.2, 0.25) is 5.69 Å². The van der Waals surface area contributed by atoms with Crippen LogP contribution in [-0.4, -0.2) is 42.4 Å². The normalized spacial score (nSPS) is 8.62. The summed E-state index contributed by atoms with van der Waals surface area (Å²) in [7, 11) is 1.39. The maximum absolute atomic E-state index is 11.3. The van der Waals surface area contributed by atoms with Crippen molar-refractivity contribution >= 4 is 0 Å². The molecule has 0 aliphatic rings. The van der Waals surface area contributed by atoms with Crippen LogP contribution < -0.4 is 74.7 Å². The number of nitrogens with zero attached hydrogens (tertiary/aromatic N) is 10. The molecule has 0 bridgehead atoms. The topological polar surface area (TPSA) is 174 Å². The third-order valence-electron chi connectivity index (χ3n) is 4.20.